The Bertz CT molecular complexity index is 690. The summed E-state index contributed by atoms with van der Waals surface area (Å²) in [5, 5.41) is 17.0. The predicted octanol–water partition coefficient (Wildman–Crippen LogP) is -0.427. The highest BCUT2D eigenvalue weighted by Crippen LogP contribution is 2.11. The highest BCUT2D eigenvalue weighted by molar-refractivity contribution is 7.98. The van der Waals surface area contributed by atoms with E-state index in [0.29, 0.717) is 18.6 Å². The number of aliphatic carboxylic acids is 1. The highest BCUT2D eigenvalue weighted by atomic mass is 32.2. The third-order valence-corrected chi connectivity index (χ3v) is 5.95. The topological polar surface area (TPSA) is 194 Å². The summed E-state index contributed by atoms with van der Waals surface area (Å²) in [5.41, 5.74) is 11.1. The standard InChI is InChI=1S/C21H39N5O6S/c1-6-12(4)17(20(30)25-16(11(2)3)21(31)32)26-19(29)14(7-8-15(23)27)24-18(28)13(22)9-10-33-5/h11-14,16-17H,6-10,22H2,1-5H3,(H2,23,27)(H,24,28)(H,25,30)(H,26,29)(H,31,32). The molecule has 0 fully saturated rings. The first-order valence-corrected chi connectivity index (χ1v) is 12.4. The molecule has 190 valence electrons. The molecule has 5 unspecified atom stereocenters. The van der Waals surface area contributed by atoms with E-state index in [0.717, 1.165) is 0 Å². The second-order valence-corrected chi connectivity index (χ2v) is 9.38. The molecule has 0 bridgehead atoms. The Kier molecular flexibility index (Phi) is 14.4. The zero-order valence-electron chi connectivity index (χ0n) is 20.1. The molecule has 33 heavy (non-hydrogen) atoms. The van der Waals surface area contributed by atoms with Gasteiger partial charge in [-0.2, -0.15) is 11.8 Å². The fourth-order valence-electron chi connectivity index (χ4n) is 2.92. The van der Waals surface area contributed by atoms with E-state index in [-0.39, 0.29) is 24.7 Å². The van der Waals surface area contributed by atoms with Crippen molar-refractivity contribution < 1.29 is 29.1 Å². The average molecular weight is 490 g/mol. The molecule has 0 aromatic rings. The maximum absolute atomic E-state index is 13.0. The van der Waals surface area contributed by atoms with E-state index in [1.165, 1.54) is 11.8 Å². The van der Waals surface area contributed by atoms with Crippen LogP contribution in [0.5, 0.6) is 0 Å². The fraction of sp³-hybridized carbons (Fsp3) is 0.762. The molecule has 5 atom stereocenters. The predicted molar refractivity (Wildman–Crippen MR) is 127 cm³/mol. The van der Waals surface area contributed by atoms with Crippen LogP contribution >= 0.6 is 11.8 Å². The summed E-state index contributed by atoms with van der Waals surface area (Å²) in [7, 11) is 0. The number of carbonyl (C=O) groups is 5. The summed E-state index contributed by atoms with van der Waals surface area (Å²) in [5.74, 6) is -3.75. The maximum Gasteiger partial charge on any atom is 0.326 e. The van der Waals surface area contributed by atoms with Crippen LogP contribution in [0.4, 0.5) is 0 Å². The Labute approximate surface area is 199 Å². The molecule has 0 heterocycles. The van der Waals surface area contributed by atoms with Crippen LogP contribution in [-0.4, -0.2) is 70.9 Å². The Hall–Kier alpha value is -2.34. The van der Waals surface area contributed by atoms with Crippen LogP contribution in [-0.2, 0) is 24.0 Å². The molecular formula is C21H39N5O6S. The average Bonchev–Trinajstić information content (AvgIpc) is 2.74. The van der Waals surface area contributed by atoms with E-state index >= 15 is 0 Å². The number of carboxylic acid groups (broad SMARTS) is 1. The van der Waals surface area contributed by atoms with Crippen LogP contribution in [0, 0.1) is 11.8 Å². The SMILES string of the molecule is CCC(C)C(NC(=O)C(CCC(N)=O)NC(=O)C(N)CCSC)C(=O)NC(C(=O)O)C(C)C. The van der Waals surface area contributed by atoms with E-state index < -0.39 is 53.8 Å². The summed E-state index contributed by atoms with van der Waals surface area (Å²) >= 11 is 1.53. The molecule has 0 aliphatic carbocycles. The van der Waals surface area contributed by atoms with Crippen molar-refractivity contribution in [2.45, 2.75) is 77.5 Å². The number of hydrogen-bond donors (Lipinski definition) is 6. The lowest BCUT2D eigenvalue weighted by Gasteiger charge is -2.28. The van der Waals surface area contributed by atoms with E-state index in [1.807, 2.05) is 13.2 Å². The quantitative estimate of drug-likeness (QED) is 0.168. The number of hydrogen-bond acceptors (Lipinski definition) is 7. The third kappa shape index (κ3) is 11.4. The van der Waals surface area contributed by atoms with Gasteiger partial charge in [0.05, 0.1) is 6.04 Å². The zero-order chi connectivity index (χ0) is 25.7. The lowest BCUT2D eigenvalue weighted by Crippen LogP contribution is -2.59. The van der Waals surface area contributed by atoms with E-state index in [1.54, 1.807) is 20.8 Å². The van der Waals surface area contributed by atoms with E-state index in [9.17, 15) is 29.1 Å². The van der Waals surface area contributed by atoms with E-state index in [2.05, 4.69) is 16.0 Å². The first-order chi connectivity index (χ1) is 15.3. The van der Waals surface area contributed by atoms with Crippen molar-refractivity contribution in [3.63, 3.8) is 0 Å². The zero-order valence-corrected chi connectivity index (χ0v) is 20.9. The fourth-order valence-corrected chi connectivity index (χ4v) is 3.41. The number of primary amides is 1. The Morgan fingerprint density at radius 2 is 1.48 bits per heavy atom. The summed E-state index contributed by atoms with van der Waals surface area (Å²) in [4.78, 5) is 61.0. The molecule has 0 aromatic carbocycles. The smallest absolute Gasteiger partial charge is 0.326 e. The van der Waals surface area contributed by atoms with Crippen LogP contribution in [0.25, 0.3) is 0 Å². The number of nitrogens with two attached hydrogens (primary N) is 2. The highest BCUT2D eigenvalue weighted by Gasteiger charge is 2.33. The third-order valence-electron chi connectivity index (χ3n) is 5.31. The maximum atomic E-state index is 13.0. The van der Waals surface area contributed by atoms with Crippen LogP contribution in [0.3, 0.4) is 0 Å². The summed E-state index contributed by atoms with van der Waals surface area (Å²) in [6.45, 7) is 6.88. The molecule has 11 nitrogen and oxygen atoms in total. The Balaban J connectivity index is 5.56. The first kappa shape index (κ1) is 30.7. The number of rotatable bonds is 16. The molecule has 0 aromatic heterocycles. The minimum Gasteiger partial charge on any atom is -0.480 e. The van der Waals surface area contributed by atoms with Crippen molar-refractivity contribution in [3.05, 3.63) is 0 Å². The lowest BCUT2D eigenvalue weighted by atomic mass is 9.96. The normalized spacial score (nSPS) is 15.6. The van der Waals surface area contributed by atoms with Crippen molar-refractivity contribution in [1.82, 2.24) is 16.0 Å². The Morgan fingerprint density at radius 3 is 1.94 bits per heavy atom. The summed E-state index contributed by atoms with van der Waals surface area (Å²) < 4.78 is 0. The summed E-state index contributed by atoms with van der Waals surface area (Å²) in [6.07, 6.45) is 2.58. The molecule has 0 aliphatic heterocycles. The molecule has 4 amide bonds. The van der Waals surface area contributed by atoms with Crippen molar-refractivity contribution in [3.8, 4) is 0 Å². The Morgan fingerprint density at radius 1 is 0.909 bits per heavy atom. The van der Waals surface area contributed by atoms with Gasteiger partial charge in [0.15, 0.2) is 0 Å². The van der Waals surface area contributed by atoms with Crippen molar-refractivity contribution >= 4 is 41.4 Å². The van der Waals surface area contributed by atoms with Gasteiger partial charge in [-0.15, -0.1) is 0 Å². The van der Waals surface area contributed by atoms with Crippen LogP contribution in [0.1, 0.15) is 53.4 Å². The molecule has 0 spiro atoms. The van der Waals surface area contributed by atoms with Crippen molar-refractivity contribution in [2.24, 2.45) is 23.3 Å². The van der Waals surface area contributed by atoms with Gasteiger partial charge in [-0.1, -0.05) is 34.1 Å². The van der Waals surface area contributed by atoms with Gasteiger partial charge in [0.25, 0.3) is 0 Å². The summed E-state index contributed by atoms with van der Waals surface area (Å²) in [6, 6.07) is -4.13. The van der Waals surface area contributed by atoms with Gasteiger partial charge in [-0.05, 0) is 36.7 Å². The van der Waals surface area contributed by atoms with Gasteiger partial charge in [0.2, 0.25) is 23.6 Å². The largest absolute Gasteiger partial charge is 0.480 e. The monoisotopic (exact) mass is 489 g/mol. The number of thioether (sulfide) groups is 1. The molecule has 0 radical (unpaired) electrons. The lowest BCUT2D eigenvalue weighted by molar-refractivity contribution is -0.144. The van der Waals surface area contributed by atoms with Crippen molar-refractivity contribution in [1.29, 1.82) is 0 Å². The molecular weight excluding hydrogens is 450 g/mol. The minimum atomic E-state index is -1.18. The minimum absolute atomic E-state index is 0.0687. The molecule has 0 aliphatic rings. The molecule has 0 saturated heterocycles. The van der Waals surface area contributed by atoms with Gasteiger partial charge in [-0.25, -0.2) is 4.79 Å². The second-order valence-electron chi connectivity index (χ2n) is 8.39. The number of amides is 4. The van der Waals surface area contributed by atoms with Gasteiger partial charge < -0.3 is 32.5 Å². The van der Waals surface area contributed by atoms with Gasteiger partial charge in [0, 0.05) is 6.42 Å². The first-order valence-electron chi connectivity index (χ1n) is 11.0. The van der Waals surface area contributed by atoms with Gasteiger partial charge in [0.1, 0.15) is 18.1 Å². The van der Waals surface area contributed by atoms with Crippen LogP contribution < -0.4 is 27.4 Å². The van der Waals surface area contributed by atoms with Crippen LogP contribution in [0.15, 0.2) is 0 Å². The second kappa shape index (κ2) is 15.5. The van der Waals surface area contributed by atoms with Crippen LogP contribution in [0.2, 0.25) is 0 Å². The number of carbonyl (C=O) groups excluding carboxylic acids is 4. The van der Waals surface area contributed by atoms with Gasteiger partial charge >= 0.3 is 5.97 Å². The number of nitrogens with one attached hydrogen (secondary N) is 3. The molecule has 8 N–H and O–H groups in total. The molecule has 12 heteroatoms. The van der Waals surface area contributed by atoms with E-state index in [4.69, 9.17) is 11.5 Å². The number of carboxylic acids is 1. The molecule has 0 rings (SSSR count). The van der Waals surface area contributed by atoms with Gasteiger partial charge in [-0.3, -0.25) is 19.2 Å². The van der Waals surface area contributed by atoms with Crippen molar-refractivity contribution in [2.75, 3.05) is 12.0 Å². The molecule has 0 saturated carbocycles.